The smallest absolute Gasteiger partial charge is 0.257 e. The summed E-state index contributed by atoms with van der Waals surface area (Å²) in [5.74, 6) is -0.817. The summed E-state index contributed by atoms with van der Waals surface area (Å²) in [6.07, 6.45) is 2.02. The van der Waals surface area contributed by atoms with Gasteiger partial charge in [-0.05, 0) is 47.8 Å². The van der Waals surface area contributed by atoms with Crippen LogP contribution in [0.2, 0.25) is 0 Å². The van der Waals surface area contributed by atoms with Crippen LogP contribution in [0.25, 0.3) is 0 Å². The third-order valence-corrected chi connectivity index (χ3v) is 3.96. The molecule has 1 unspecified atom stereocenters. The number of hydrogen-bond acceptors (Lipinski definition) is 2. The number of halogens is 2. The zero-order chi connectivity index (χ0) is 14.0. The highest BCUT2D eigenvalue weighted by Crippen LogP contribution is 2.25. The van der Waals surface area contributed by atoms with Crippen molar-refractivity contribution in [3.05, 3.63) is 34.1 Å². The minimum absolute atomic E-state index is 0.0550. The molecule has 0 N–H and O–H groups in total. The first-order chi connectivity index (χ1) is 9.00. The topological polar surface area (TPSA) is 37.4 Å². The Labute approximate surface area is 119 Å². The predicted molar refractivity (Wildman–Crippen MR) is 73.5 cm³/mol. The normalized spacial score (nSPS) is 18.7. The lowest BCUT2D eigenvalue weighted by Crippen LogP contribution is -2.37. The fourth-order valence-corrected chi connectivity index (χ4v) is 2.84. The molecule has 1 fully saturated rings. The maximum absolute atomic E-state index is 13.9. The Hall–Kier alpha value is -1.23. The van der Waals surface area contributed by atoms with E-state index in [-0.39, 0.29) is 27.8 Å². The Balaban J connectivity index is 2.23. The van der Waals surface area contributed by atoms with Gasteiger partial charge in [-0.25, -0.2) is 4.39 Å². The van der Waals surface area contributed by atoms with Gasteiger partial charge in [0.05, 0.1) is 10.0 Å². The van der Waals surface area contributed by atoms with E-state index >= 15 is 0 Å². The predicted octanol–water partition coefficient (Wildman–Crippen LogP) is 3.17. The van der Waals surface area contributed by atoms with Gasteiger partial charge in [0, 0.05) is 19.0 Å². The molecule has 3 nitrogen and oxygen atoms in total. The molecule has 1 heterocycles. The van der Waals surface area contributed by atoms with E-state index in [9.17, 15) is 14.0 Å². The van der Waals surface area contributed by atoms with Gasteiger partial charge >= 0.3 is 0 Å². The first kappa shape index (κ1) is 14.2. The van der Waals surface area contributed by atoms with Gasteiger partial charge in [-0.3, -0.25) is 9.59 Å². The fraction of sp³-hybridized carbons (Fsp3) is 0.429. The molecule has 0 spiro atoms. The molecule has 1 saturated heterocycles. The molecule has 0 radical (unpaired) electrons. The molecule has 1 aliphatic rings. The monoisotopic (exact) mass is 327 g/mol. The van der Waals surface area contributed by atoms with E-state index < -0.39 is 5.82 Å². The van der Waals surface area contributed by atoms with Gasteiger partial charge in [-0.2, -0.15) is 0 Å². The van der Waals surface area contributed by atoms with E-state index in [0.29, 0.717) is 13.0 Å². The number of likely N-dealkylation sites (tertiary alicyclic amines) is 1. The van der Waals surface area contributed by atoms with Crippen LogP contribution in [0.1, 0.15) is 36.5 Å². The van der Waals surface area contributed by atoms with Crippen molar-refractivity contribution in [3.63, 3.8) is 0 Å². The number of hydrogen-bond donors (Lipinski definition) is 0. The standard InChI is InChI=1S/C14H15BrFNO2/c1-9(18)8-10-4-3-7-17(10)14(19)11-5-2-6-12(15)13(11)16/h2,5-6,10H,3-4,7-8H2,1H3. The molecule has 1 atom stereocenters. The number of amides is 1. The van der Waals surface area contributed by atoms with Crippen molar-refractivity contribution in [1.29, 1.82) is 0 Å². The molecule has 0 saturated carbocycles. The number of carbonyl (C=O) groups is 2. The van der Waals surface area contributed by atoms with E-state index in [1.807, 2.05) is 0 Å². The minimum atomic E-state index is -0.541. The number of Topliss-reactive ketones (excluding diaryl/α,β-unsaturated/α-hetero) is 1. The SMILES string of the molecule is CC(=O)CC1CCCN1C(=O)c1cccc(Br)c1F. The molecule has 1 aromatic carbocycles. The molecule has 2 rings (SSSR count). The first-order valence-electron chi connectivity index (χ1n) is 6.25. The van der Waals surface area contributed by atoms with Crippen LogP contribution in [0, 0.1) is 5.82 Å². The van der Waals surface area contributed by atoms with Gasteiger partial charge < -0.3 is 4.90 Å². The second-order valence-corrected chi connectivity index (χ2v) is 5.66. The summed E-state index contributed by atoms with van der Waals surface area (Å²) in [6.45, 7) is 2.10. The van der Waals surface area contributed by atoms with Crippen LogP contribution >= 0.6 is 15.9 Å². The van der Waals surface area contributed by atoms with E-state index in [4.69, 9.17) is 0 Å². The highest BCUT2D eigenvalue weighted by atomic mass is 79.9. The van der Waals surface area contributed by atoms with Gasteiger partial charge in [0.1, 0.15) is 11.6 Å². The molecule has 5 heteroatoms. The highest BCUT2D eigenvalue weighted by Gasteiger charge is 2.31. The summed E-state index contributed by atoms with van der Waals surface area (Å²) in [4.78, 5) is 25.2. The highest BCUT2D eigenvalue weighted by molar-refractivity contribution is 9.10. The number of ketones is 1. The quantitative estimate of drug-likeness (QED) is 0.855. The van der Waals surface area contributed by atoms with Gasteiger partial charge in [0.2, 0.25) is 0 Å². The summed E-state index contributed by atoms with van der Waals surface area (Å²) >= 11 is 3.08. The summed E-state index contributed by atoms with van der Waals surface area (Å²) in [6, 6.07) is 4.58. The second-order valence-electron chi connectivity index (χ2n) is 4.80. The van der Waals surface area contributed by atoms with E-state index in [0.717, 1.165) is 12.8 Å². The molecule has 1 aromatic rings. The van der Waals surface area contributed by atoms with Gasteiger partial charge in [-0.15, -0.1) is 0 Å². The summed E-state index contributed by atoms with van der Waals surface area (Å²) in [5, 5.41) is 0. The lowest BCUT2D eigenvalue weighted by Gasteiger charge is -2.24. The second kappa shape index (κ2) is 5.82. The Kier molecular flexibility index (Phi) is 4.34. The summed E-state index contributed by atoms with van der Waals surface area (Å²) in [7, 11) is 0. The molecular weight excluding hydrogens is 313 g/mol. The molecular formula is C14H15BrFNO2. The average molecular weight is 328 g/mol. The Morgan fingerprint density at radius 3 is 2.89 bits per heavy atom. The van der Waals surface area contributed by atoms with Crippen LogP contribution < -0.4 is 0 Å². The molecule has 1 aliphatic heterocycles. The van der Waals surface area contributed by atoms with E-state index in [1.165, 1.54) is 13.0 Å². The van der Waals surface area contributed by atoms with Crippen molar-refractivity contribution in [2.24, 2.45) is 0 Å². The maximum Gasteiger partial charge on any atom is 0.257 e. The van der Waals surface area contributed by atoms with Crippen molar-refractivity contribution in [3.8, 4) is 0 Å². The lowest BCUT2D eigenvalue weighted by molar-refractivity contribution is -0.117. The molecule has 0 bridgehead atoms. The van der Waals surface area contributed by atoms with Crippen LogP contribution in [0.15, 0.2) is 22.7 Å². The molecule has 0 aromatic heterocycles. The third-order valence-electron chi connectivity index (χ3n) is 3.34. The molecule has 0 aliphatic carbocycles. The number of rotatable bonds is 3. The lowest BCUT2D eigenvalue weighted by atomic mass is 10.1. The van der Waals surface area contributed by atoms with Crippen LogP contribution in [0.3, 0.4) is 0 Å². The van der Waals surface area contributed by atoms with Gasteiger partial charge in [-0.1, -0.05) is 6.07 Å². The first-order valence-corrected chi connectivity index (χ1v) is 7.04. The van der Waals surface area contributed by atoms with Crippen LogP contribution in [-0.2, 0) is 4.79 Å². The van der Waals surface area contributed by atoms with Gasteiger partial charge in [0.15, 0.2) is 0 Å². The van der Waals surface area contributed by atoms with Crippen LogP contribution in [0.4, 0.5) is 4.39 Å². The minimum Gasteiger partial charge on any atom is -0.335 e. The van der Waals surface area contributed by atoms with Gasteiger partial charge in [0.25, 0.3) is 5.91 Å². The molecule has 19 heavy (non-hydrogen) atoms. The Morgan fingerprint density at radius 1 is 1.47 bits per heavy atom. The van der Waals surface area contributed by atoms with Crippen molar-refractivity contribution in [2.45, 2.75) is 32.2 Å². The average Bonchev–Trinajstić information content (AvgIpc) is 2.79. The largest absolute Gasteiger partial charge is 0.335 e. The van der Waals surface area contributed by atoms with E-state index in [1.54, 1.807) is 17.0 Å². The molecule has 102 valence electrons. The summed E-state index contributed by atoms with van der Waals surface area (Å²) < 4.78 is 14.2. The number of carbonyl (C=O) groups excluding carboxylic acids is 2. The third kappa shape index (κ3) is 3.03. The Morgan fingerprint density at radius 2 is 2.21 bits per heavy atom. The maximum atomic E-state index is 13.9. The number of benzene rings is 1. The summed E-state index contributed by atoms with van der Waals surface area (Å²) in [5.41, 5.74) is 0.0600. The van der Waals surface area contributed by atoms with Crippen molar-refractivity contribution in [2.75, 3.05) is 6.54 Å². The number of nitrogens with zero attached hydrogens (tertiary/aromatic N) is 1. The van der Waals surface area contributed by atoms with E-state index in [2.05, 4.69) is 15.9 Å². The molecule has 1 amide bonds. The van der Waals surface area contributed by atoms with Crippen molar-refractivity contribution in [1.82, 2.24) is 4.90 Å². The van der Waals surface area contributed by atoms with Crippen LogP contribution in [0.5, 0.6) is 0 Å². The Bertz CT molecular complexity index is 518. The van der Waals surface area contributed by atoms with Crippen molar-refractivity contribution < 1.29 is 14.0 Å². The fourth-order valence-electron chi connectivity index (χ4n) is 2.47. The van der Waals surface area contributed by atoms with Crippen LogP contribution in [-0.4, -0.2) is 29.2 Å². The zero-order valence-corrected chi connectivity index (χ0v) is 12.2. The zero-order valence-electron chi connectivity index (χ0n) is 10.7. The van der Waals surface area contributed by atoms with Crippen molar-refractivity contribution >= 4 is 27.6 Å².